The number of carboxylic acids is 1. The van der Waals surface area contributed by atoms with E-state index in [0.717, 1.165) is 18.5 Å². The first-order chi connectivity index (χ1) is 14.4. The van der Waals surface area contributed by atoms with Gasteiger partial charge in [-0.15, -0.1) is 10.0 Å². The summed E-state index contributed by atoms with van der Waals surface area (Å²) in [7, 11) is 0. The first-order valence-corrected chi connectivity index (χ1v) is 9.04. The van der Waals surface area contributed by atoms with Crippen molar-refractivity contribution in [2.45, 2.75) is 12.0 Å². The van der Waals surface area contributed by atoms with Gasteiger partial charge in [0.1, 0.15) is 16.6 Å². The van der Waals surface area contributed by atoms with Crippen molar-refractivity contribution >= 4 is 51.0 Å². The Morgan fingerprint density at radius 3 is 2.42 bits per heavy atom. The van der Waals surface area contributed by atoms with Crippen molar-refractivity contribution in [2.24, 2.45) is 10.7 Å². The molecule has 0 aliphatic heterocycles. The zero-order chi connectivity index (χ0) is 23.6. The number of phenolic OH excluding ortho intramolecular Hbond substituents is 1. The SMILES string of the molecule is N/C=C(\C=Nc1c(O)cc(C(F)(NF)C(F)(F)F)cc1Br)c1cnc(Cl)c(C(=O)O)c1. The number of nitrogens with two attached hydrogens (primary N) is 1. The van der Waals surface area contributed by atoms with Gasteiger partial charge in [0.05, 0.1) is 5.56 Å². The second-order valence-corrected chi connectivity index (χ2v) is 7.04. The average Bonchev–Trinajstić information content (AvgIpc) is 2.69. The maximum Gasteiger partial charge on any atom is 0.443 e. The number of hydrogen-bond donors (Lipinski definition) is 4. The number of benzene rings is 1. The van der Waals surface area contributed by atoms with Gasteiger partial charge in [0, 0.05) is 39.8 Å². The number of aromatic hydroxyl groups is 1. The van der Waals surface area contributed by atoms with Crippen LogP contribution in [0.4, 0.5) is 27.7 Å². The predicted octanol–water partition coefficient (Wildman–Crippen LogP) is 4.76. The van der Waals surface area contributed by atoms with Gasteiger partial charge in [0.25, 0.3) is 0 Å². The van der Waals surface area contributed by atoms with E-state index < -0.39 is 29.3 Å². The van der Waals surface area contributed by atoms with E-state index in [1.807, 2.05) is 0 Å². The third-order valence-corrected chi connectivity index (χ3v) is 4.78. The number of nitrogens with zero attached hydrogens (tertiary/aromatic N) is 2. The smallest absolute Gasteiger partial charge is 0.443 e. The second kappa shape index (κ2) is 9.16. The number of pyridine rings is 1. The van der Waals surface area contributed by atoms with E-state index in [4.69, 9.17) is 22.4 Å². The molecule has 0 saturated carbocycles. The largest absolute Gasteiger partial charge is 0.506 e. The summed E-state index contributed by atoms with van der Waals surface area (Å²) in [5.74, 6) is -6.84. The molecule has 31 heavy (non-hydrogen) atoms. The molecule has 1 unspecified atom stereocenters. The highest BCUT2D eigenvalue weighted by Gasteiger charge is 2.58. The van der Waals surface area contributed by atoms with Crippen molar-refractivity contribution in [1.29, 1.82) is 0 Å². The van der Waals surface area contributed by atoms with Crippen LogP contribution in [0.5, 0.6) is 5.75 Å². The number of phenols is 1. The van der Waals surface area contributed by atoms with Crippen LogP contribution in [0.2, 0.25) is 5.15 Å². The number of carbonyl (C=O) groups is 1. The highest BCUT2D eigenvalue weighted by atomic mass is 79.9. The van der Waals surface area contributed by atoms with Gasteiger partial charge in [0.15, 0.2) is 0 Å². The molecule has 0 saturated heterocycles. The summed E-state index contributed by atoms with van der Waals surface area (Å²) in [5.41, 5.74) is 3.88. The fourth-order valence-electron chi connectivity index (χ4n) is 2.29. The lowest BCUT2D eigenvalue weighted by Crippen LogP contribution is -2.46. The van der Waals surface area contributed by atoms with Crippen LogP contribution in [0, 0.1) is 0 Å². The quantitative estimate of drug-likeness (QED) is 0.141. The van der Waals surface area contributed by atoms with Crippen molar-refractivity contribution in [2.75, 3.05) is 0 Å². The Morgan fingerprint density at radius 2 is 1.94 bits per heavy atom. The van der Waals surface area contributed by atoms with Gasteiger partial charge >= 0.3 is 17.9 Å². The molecule has 0 radical (unpaired) electrons. The van der Waals surface area contributed by atoms with Crippen molar-refractivity contribution in [3.63, 3.8) is 0 Å². The van der Waals surface area contributed by atoms with E-state index >= 15 is 0 Å². The van der Waals surface area contributed by atoms with Crippen LogP contribution in [0.3, 0.4) is 0 Å². The Morgan fingerprint density at radius 1 is 1.29 bits per heavy atom. The average molecular weight is 530 g/mol. The lowest BCUT2D eigenvalue weighted by atomic mass is 10.0. The molecule has 0 spiro atoms. The Labute approximate surface area is 184 Å². The minimum atomic E-state index is -5.67. The van der Waals surface area contributed by atoms with Crippen LogP contribution in [-0.2, 0) is 5.79 Å². The Bertz CT molecular complexity index is 1060. The third kappa shape index (κ3) is 4.94. The van der Waals surface area contributed by atoms with Crippen LogP contribution in [0.15, 0.2) is 40.1 Å². The van der Waals surface area contributed by atoms with Crippen molar-refractivity contribution < 1.29 is 37.1 Å². The maximum atomic E-state index is 14.1. The maximum absolute atomic E-state index is 14.1. The lowest BCUT2D eigenvalue weighted by molar-refractivity contribution is -0.264. The van der Waals surface area contributed by atoms with E-state index in [2.05, 4.69) is 25.9 Å². The van der Waals surface area contributed by atoms with Crippen LogP contribution >= 0.6 is 27.5 Å². The Kier molecular flexibility index (Phi) is 7.24. The summed E-state index contributed by atoms with van der Waals surface area (Å²) in [6.45, 7) is 0. The number of halogens is 7. The van der Waals surface area contributed by atoms with E-state index in [0.29, 0.717) is 12.1 Å². The van der Waals surface area contributed by atoms with Gasteiger partial charge in [-0.25, -0.2) is 14.2 Å². The first kappa shape index (κ1) is 24.5. The van der Waals surface area contributed by atoms with Crippen LogP contribution in [0.25, 0.3) is 5.57 Å². The molecule has 0 amide bonds. The highest BCUT2D eigenvalue weighted by molar-refractivity contribution is 9.10. The van der Waals surface area contributed by atoms with Gasteiger partial charge in [-0.3, -0.25) is 4.99 Å². The summed E-state index contributed by atoms with van der Waals surface area (Å²) in [6, 6.07) is 2.06. The number of carboxylic acid groups (broad SMARTS) is 1. The Balaban J connectivity index is 2.47. The number of alkyl halides is 4. The van der Waals surface area contributed by atoms with Crippen LogP contribution in [0.1, 0.15) is 21.5 Å². The van der Waals surface area contributed by atoms with Gasteiger partial charge in [-0.05, 0) is 34.1 Å². The van der Waals surface area contributed by atoms with E-state index in [9.17, 15) is 31.9 Å². The standard InChI is InChI=1S/C17H11BrClF5N4O3/c18-11-2-9(16(20,28-24)17(21,22)23)3-12(29)13(11)26-6-8(4-25)7-1-10(15(30)31)14(19)27-5-7/h1-6,28-29H,25H2,(H,30,31)/b8-4+,26-6?. The van der Waals surface area contributed by atoms with Crippen LogP contribution in [-0.4, -0.2) is 33.6 Å². The number of hydrogen-bond acceptors (Lipinski definition) is 6. The number of aromatic carboxylic acids is 1. The fraction of sp³-hybridized carbons (Fsp3) is 0.118. The molecule has 1 aromatic carbocycles. The highest BCUT2D eigenvalue weighted by Crippen LogP contribution is 2.45. The summed E-state index contributed by atoms with van der Waals surface area (Å²) < 4.78 is 65.1. The predicted molar refractivity (Wildman–Crippen MR) is 105 cm³/mol. The third-order valence-electron chi connectivity index (χ3n) is 3.88. The normalized spacial score (nSPS) is 14.6. The summed E-state index contributed by atoms with van der Waals surface area (Å²) >= 11 is 8.53. The molecule has 166 valence electrons. The first-order valence-electron chi connectivity index (χ1n) is 7.87. The lowest BCUT2D eigenvalue weighted by Gasteiger charge is -2.25. The monoisotopic (exact) mass is 528 g/mol. The number of allylic oxidation sites excluding steroid dienone is 1. The molecular formula is C17H11BrClF5N4O3. The summed E-state index contributed by atoms with van der Waals surface area (Å²) in [6.07, 6.45) is -2.43. The zero-order valence-electron chi connectivity index (χ0n) is 14.9. The molecule has 0 aliphatic carbocycles. The minimum absolute atomic E-state index is 0.0550. The molecule has 1 heterocycles. The van der Waals surface area contributed by atoms with Crippen molar-refractivity contribution in [3.05, 3.63) is 56.9 Å². The second-order valence-electron chi connectivity index (χ2n) is 5.82. The molecule has 1 aromatic heterocycles. The molecule has 7 nitrogen and oxygen atoms in total. The van der Waals surface area contributed by atoms with Gasteiger partial charge in [0.2, 0.25) is 0 Å². The van der Waals surface area contributed by atoms with Gasteiger partial charge in [-0.1, -0.05) is 11.6 Å². The summed E-state index contributed by atoms with van der Waals surface area (Å²) in [4.78, 5) is 18.7. The van der Waals surface area contributed by atoms with Gasteiger partial charge < -0.3 is 15.9 Å². The van der Waals surface area contributed by atoms with Gasteiger partial charge in [-0.2, -0.15) is 13.2 Å². The fourth-order valence-corrected chi connectivity index (χ4v) is 3.02. The molecule has 5 N–H and O–H groups in total. The minimum Gasteiger partial charge on any atom is -0.506 e. The number of nitrogens with one attached hydrogen (secondary N) is 1. The molecular weight excluding hydrogens is 519 g/mol. The number of aromatic nitrogens is 1. The van der Waals surface area contributed by atoms with Crippen molar-refractivity contribution in [1.82, 2.24) is 10.5 Å². The van der Waals surface area contributed by atoms with Crippen LogP contribution < -0.4 is 11.3 Å². The Hall–Kier alpha value is -2.77. The van der Waals surface area contributed by atoms with Crippen molar-refractivity contribution in [3.8, 4) is 5.75 Å². The number of rotatable bonds is 6. The molecule has 0 bridgehead atoms. The van der Waals surface area contributed by atoms with E-state index in [-0.39, 0.29) is 37.6 Å². The molecule has 14 heteroatoms. The molecule has 2 aromatic rings. The molecule has 0 fully saturated rings. The topological polar surface area (TPSA) is 121 Å². The molecule has 0 aliphatic rings. The summed E-state index contributed by atoms with van der Waals surface area (Å²) in [5, 5.41) is 18.8. The zero-order valence-corrected chi connectivity index (χ0v) is 17.2. The van der Waals surface area contributed by atoms with E-state index in [1.165, 1.54) is 6.20 Å². The van der Waals surface area contributed by atoms with E-state index in [1.54, 1.807) is 0 Å². The molecule has 2 rings (SSSR count). The number of aliphatic imine (C=N–C) groups is 1. The molecule has 1 atom stereocenters.